The summed E-state index contributed by atoms with van der Waals surface area (Å²) < 4.78 is 10.7. The molecule has 166 valence electrons. The smallest absolute Gasteiger partial charge is 0.290 e. The summed E-state index contributed by atoms with van der Waals surface area (Å²) in [7, 11) is 1.58. The van der Waals surface area contributed by atoms with Crippen molar-refractivity contribution in [3.05, 3.63) is 64.8 Å². The predicted molar refractivity (Wildman–Crippen MR) is 117 cm³/mol. The minimum Gasteiger partial charge on any atom is -0.503 e. The number of amides is 1. The Morgan fingerprint density at radius 1 is 1.16 bits per heavy atom. The van der Waals surface area contributed by atoms with E-state index in [0.29, 0.717) is 18.1 Å². The fourth-order valence-electron chi connectivity index (χ4n) is 3.94. The van der Waals surface area contributed by atoms with Crippen molar-refractivity contribution in [2.75, 3.05) is 33.3 Å². The van der Waals surface area contributed by atoms with Crippen molar-refractivity contribution >= 4 is 11.7 Å². The highest BCUT2D eigenvalue weighted by molar-refractivity contribution is 6.15. The van der Waals surface area contributed by atoms with Crippen LogP contribution < -0.4 is 4.74 Å². The van der Waals surface area contributed by atoms with Crippen molar-refractivity contribution in [3.8, 4) is 5.75 Å². The average Bonchev–Trinajstić information content (AvgIpc) is 3.33. The van der Waals surface area contributed by atoms with Crippen molar-refractivity contribution in [2.24, 2.45) is 0 Å². The molecule has 1 N–H and O–H groups in total. The second-order valence-electron chi connectivity index (χ2n) is 7.56. The number of furan rings is 1. The molecule has 0 aliphatic carbocycles. The first-order valence-corrected chi connectivity index (χ1v) is 10.6. The summed E-state index contributed by atoms with van der Waals surface area (Å²) in [6.45, 7) is 9.04. The van der Waals surface area contributed by atoms with Crippen LogP contribution in [0.3, 0.4) is 0 Å². The second kappa shape index (κ2) is 9.83. The van der Waals surface area contributed by atoms with Crippen LogP contribution >= 0.6 is 0 Å². The van der Waals surface area contributed by atoms with Crippen molar-refractivity contribution in [1.29, 1.82) is 0 Å². The lowest BCUT2D eigenvalue weighted by Crippen LogP contribution is -2.34. The maximum atomic E-state index is 13.2. The highest BCUT2D eigenvalue weighted by Crippen LogP contribution is 2.39. The van der Waals surface area contributed by atoms with Crippen molar-refractivity contribution < 1.29 is 23.8 Å². The molecule has 31 heavy (non-hydrogen) atoms. The fourth-order valence-corrected chi connectivity index (χ4v) is 3.94. The van der Waals surface area contributed by atoms with Crippen molar-refractivity contribution in [1.82, 2.24) is 9.80 Å². The molecule has 1 atom stereocenters. The molecule has 0 radical (unpaired) electrons. The number of aryl methyl sites for hydroxylation is 1. The molecule has 0 bridgehead atoms. The third-order valence-electron chi connectivity index (χ3n) is 5.71. The molecule has 2 aromatic rings. The lowest BCUT2D eigenvalue weighted by Gasteiger charge is -2.28. The Labute approximate surface area is 182 Å². The molecule has 0 fully saturated rings. The largest absolute Gasteiger partial charge is 0.503 e. The van der Waals surface area contributed by atoms with E-state index in [4.69, 9.17) is 9.15 Å². The predicted octanol–water partition coefficient (Wildman–Crippen LogP) is 3.91. The van der Waals surface area contributed by atoms with Crippen LogP contribution in [0.4, 0.5) is 0 Å². The molecule has 0 saturated heterocycles. The number of rotatable bonds is 10. The Hall–Kier alpha value is -3.06. The molecule has 1 amide bonds. The average molecular weight is 427 g/mol. The Balaban J connectivity index is 1.94. The third kappa shape index (κ3) is 4.66. The Kier molecular flexibility index (Phi) is 7.17. The first kappa shape index (κ1) is 22.6. The lowest BCUT2D eigenvalue weighted by atomic mass is 9.95. The number of carbonyl (C=O) groups excluding carboxylic acids is 2. The fraction of sp³-hybridized carbons (Fsp3) is 0.417. The van der Waals surface area contributed by atoms with E-state index < -0.39 is 23.5 Å². The van der Waals surface area contributed by atoms with Gasteiger partial charge in [0.15, 0.2) is 11.5 Å². The molecule has 1 aliphatic rings. The third-order valence-corrected chi connectivity index (χ3v) is 5.71. The molecular formula is C24H30N2O5. The Morgan fingerprint density at radius 3 is 2.39 bits per heavy atom. The molecular weight excluding hydrogens is 396 g/mol. The van der Waals surface area contributed by atoms with Crippen LogP contribution in [0.2, 0.25) is 0 Å². The zero-order chi connectivity index (χ0) is 22.5. The number of aliphatic hydroxyl groups is 1. The van der Waals surface area contributed by atoms with E-state index in [9.17, 15) is 14.7 Å². The summed E-state index contributed by atoms with van der Waals surface area (Å²) in [5, 5.41) is 10.7. The van der Waals surface area contributed by atoms with E-state index in [0.717, 1.165) is 31.6 Å². The van der Waals surface area contributed by atoms with Gasteiger partial charge in [-0.1, -0.05) is 26.0 Å². The second-order valence-corrected chi connectivity index (χ2v) is 7.56. The monoisotopic (exact) mass is 426 g/mol. The number of aliphatic hydroxyl groups excluding tert-OH is 1. The van der Waals surface area contributed by atoms with Gasteiger partial charge < -0.3 is 24.1 Å². The van der Waals surface area contributed by atoms with E-state index in [1.165, 1.54) is 0 Å². The van der Waals surface area contributed by atoms with E-state index in [-0.39, 0.29) is 11.3 Å². The quantitative estimate of drug-likeness (QED) is 0.580. The lowest BCUT2D eigenvalue weighted by molar-refractivity contribution is -0.129. The Bertz CT molecular complexity index is 957. The molecule has 1 unspecified atom stereocenters. The van der Waals surface area contributed by atoms with E-state index >= 15 is 0 Å². The number of carbonyl (C=O) groups is 2. The summed E-state index contributed by atoms with van der Waals surface area (Å²) in [5.74, 6) is -0.162. The van der Waals surface area contributed by atoms with E-state index in [1.807, 2.05) is 12.1 Å². The van der Waals surface area contributed by atoms with Crippen LogP contribution in [0.5, 0.6) is 5.75 Å². The zero-order valence-corrected chi connectivity index (χ0v) is 18.6. The summed E-state index contributed by atoms with van der Waals surface area (Å²) in [4.78, 5) is 30.0. The number of hydrogen-bond donors (Lipinski definition) is 1. The summed E-state index contributed by atoms with van der Waals surface area (Å²) in [6, 6.07) is 9.75. The molecule has 0 saturated carbocycles. The highest BCUT2D eigenvalue weighted by Gasteiger charge is 2.44. The van der Waals surface area contributed by atoms with Gasteiger partial charge >= 0.3 is 0 Å². The van der Waals surface area contributed by atoms with Gasteiger partial charge in [0, 0.05) is 6.54 Å². The molecule has 1 aliphatic heterocycles. The first-order chi connectivity index (χ1) is 14.9. The minimum absolute atomic E-state index is 0.0485. The minimum atomic E-state index is -0.687. The van der Waals surface area contributed by atoms with Crippen molar-refractivity contribution in [3.63, 3.8) is 0 Å². The number of nitrogens with zero attached hydrogens (tertiary/aromatic N) is 2. The van der Waals surface area contributed by atoms with E-state index in [2.05, 4.69) is 18.7 Å². The number of ketones is 1. The molecule has 3 rings (SSSR count). The maximum absolute atomic E-state index is 13.2. The number of benzene rings is 1. The normalized spacial score (nSPS) is 16.5. The molecule has 1 aromatic carbocycles. The van der Waals surface area contributed by atoms with E-state index in [1.54, 1.807) is 43.2 Å². The van der Waals surface area contributed by atoms with Gasteiger partial charge in [0.1, 0.15) is 11.5 Å². The van der Waals surface area contributed by atoms with Gasteiger partial charge in [-0.2, -0.15) is 0 Å². The Morgan fingerprint density at radius 2 is 1.84 bits per heavy atom. The number of ether oxygens (including phenoxy) is 1. The van der Waals surface area contributed by atoms with Gasteiger partial charge in [0.05, 0.1) is 18.7 Å². The van der Waals surface area contributed by atoms with Gasteiger partial charge in [-0.15, -0.1) is 0 Å². The van der Waals surface area contributed by atoms with Crippen LogP contribution in [0.15, 0.2) is 52.1 Å². The van der Waals surface area contributed by atoms with Gasteiger partial charge in [-0.3, -0.25) is 9.59 Å². The SMILES string of the molecule is CCN(CC)CCCN1C(=O)C(O)=C(C(=O)c2ccc(C)o2)C1c1ccc(OC)cc1. The highest BCUT2D eigenvalue weighted by atomic mass is 16.5. The van der Waals surface area contributed by atoms with Crippen LogP contribution in [-0.2, 0) is 4.79 Å². The van der Waals surface area contributed by atoms with Gasteiger partial charge in [-0.05, 0) is 62.8 Å². The summed E-state index contributed by atoms with van der Waals surface area (Å²) >= 11 is 0. The summed E-state index contributed by atoms with van der Waals surface area (Å²) in [5.41, 5.74) is 0.778. The standard InChI is InChI=1S/C24H30N2O5/c1-5-25(6-2)14-7-15-26-21(17-9-11-18(30-4)12-10-17)20(23(28)24(26)29)22(27)19-13-8-16(3)31-19/h8-13,21,28H,5-7,14-15H2,1-4H3. The van der Waals surface area contributed by atoms with Crippen LogP contribution in [-0.4, -0.2) is 59.9 Å². The maximum Gasteiger partial charge on any atom is 0.290 e. The van der Waals surface area contributed by atoms with Gasteiger partial charge in [0.2, 0.25) is 5.78 Å². The molecule has 0 spiro atoms. The number of Topliss-reactive ketones (excluding diaryl/α,β-unsaturated/α-hetero) is 1. The molecule has 2 heterocycles. The molecule has 7 nitrogen and oxygen atoms in total. The number of hydrogen-bond acceptors (Lipinski definition) is 6. The summed E-state index contributed by atoms with van der Waals surface area (Å²) in [6.07, 6.45) is 0.731. The topological polar surface area (TPSA) is 83.2 Å². The number of methoxy groups -OCH3 is 1. The van der Waals surface area contributed by atoms with Gasteiger partial charge in [-0.25, -0.2) is 0 Å². The van der Waals surface area contributed by atoms with Crippen LogP contribution in [0.1, 0.15) is 48.2 Å². The van der Waals surface area contributed by atoms with Gasteiger partial charge in [0.25, 0.3) is 5.91 Å². The molecule has 1 aromatic heterocycles. The zero-order valence-electron chi connectivity index (χ0n) is 18.6. The van der Waals surface area contributed by atoms with Crippen molar-refractivity contribution in [2.45, 2.75) is 33.2 Å². The first-order valence-electron chi connectivity index (χ1n) is 10.6. The molecule has 7 heteroatoms. The van der Waals surface area contributed by atoms with Crippen LogP contribution in [0.25, 0.3) is 0 Å². The van der Waals surface area contributed by atoms with Crippen LogP contribution in [0, 0.1) is 6.92 Å².